The van der Waals surface area contributed by atoms with Gasteiger partial charge in [0.15, 0.2) is 5.78 Å². The van der Waals surface area contributed by atoms with Gasteiger partial charge in [0.25, 0.3) is 5.91 Å². The van der Waals surface area contributed by atoms with Gasteiger partial charge in [-0.3, -0.25) is 14.5 Å². The lowest BCUT2D eigenvalue weighted by atomic mass is 9.79. The number of hydrogen-bond donors (Lipinski definition) is 1. The molecule has 6 heteroatoms. The molecule has 0 saturated carbocycles. The molecule has 1 amide bonds. The van der Waals surface area contributed by atoms with Gasteiger partial charge < -0.3 is 5.32 Å². The normalized spacial score (nSPS) is 28.9. The molecule has 2 atom stereocenters. The summed E-state index contributed by atoms with van der Waals surface area (Å²) in [6.07, 6.45) is 4.00. The zero-order chi connectivity index (χ0) is 16.8. The van der Waals surface area contributed by atoms with Crippen LogP contribution >= 0.6 is 11.3 Å². The first-order chi connectivity index (χ1) is 11.5. The summed E-state index contributed by atoms with van der Waals surface area (Å²) in [5, 5.41) is 5.86. The predicted octanol–water partition coefficient (Wildman–Crippen LogP) is 2.71. The van der Waals surface area contributed by atoms with Gasteiger partial charge >= 0.3 is 0 Å². The molecule has 5 rings (SSSR count). The lowest BCUT2D eigenvalue weighted by Crippen LogP contribution is -2.62. The molecule has 0 aliphatic carbocycles. The average molecular weight is 343 g/mol. The molecule has 2 bridgehead atoms. The van der Waals surface area contributed by atoms with Crippen molar-refractivity contribution in [2.45, 2.75) is 38.8 Å². The average Bonchev–Trinajstić information content (AvgIpc) is 3.01. The monoisotopic (exact) mass is 343 g/mol. The predicted molar refractivity (Wildman–Crippen MR) is 94.6 cm³/mol. The minimum Gasteiger partial charge on any atom is -0.346 e. The van der Waals surface area contributed by atoms with Gasteiger partial charge in [-0.25, -0.2) is 4.98 Å². The Morgan fingerprint density at radius 3 is 2.75 bits per heavy atom. The molecule has 3 fully saturated rings. The fraction of sp³-hybridized carbons (Fsp3) is 0.500. The number of pyridine rings is 1. The van der Waals surface area contributed by atoms with Gasteiger partial charge in [0.2, 0.25) is 0 Å². The van der Waals surface area contributed by atoms with Crippen LogP contribution in [0.15, 0.2) is 17.6 Å². The van der Waals surface area contributed by atoms with Gasteiger partial charge in [0, 0.05) is 34.6 Å². The summed E-state index contributed by atoms with van der Waals surface area (Å²) in [5.41, 5.74) is 1.06. The van der Waals surface area contributed by atoms with Crippen molar-refractivity contribution >= 4 is 33.1 Å². The third-order valence-corrected chi connectivity index (χ3v) is 6.48. The van der Waals surface area contributed by atoms with Crippen LogP contribution in [-0.2, 0) is 0 Å². The van der Waals surface area contributed by atoms with Crippen molar-refractivity contribution in [2.24, 2.45) is 5.92 Å². The molecule has 3 saturated heterocycles. The molecule has 5 nitrogen and oxygen atoms in total. The van der Waals surface area contributed by atoms with Crippen molar-refractivity contribution in [1.82, 2.24) is 15.2 Å². The number of ketones is 1. The number of hydrogen-bond acceptors (Lipinski definition) is 5. The molecule has 0 unspecified atom stereocenters. The standard InChI is InChI=1S/C18H21N3O2S/c1-10-17(12-3-5-21(10)6-4-12)20-18(23)15-7-13-14(11(2)22)9-24-16(13)8-19-15/h7-10,12,17H,3-6H2,1-2H3,(H,20,23)/t10-,17-/m0/s1. The molecule has 3 aliphatic rings. The number of amides is 1. The number of carbonyl (C=O) groups is 2. The Kier molecular flexibility index (Phi) is 3.89. The molecule has 1 N–H and O–H groups in total. The summed E-state index contributed by atoms with van der Waals surface area (Å²) in [4.78, 5) is 31.2. The van der Waals surface area contributed by atoms with Crippen LogP contribution in [0.4, 0.5) is 0 Å². The number of aromatic nitrogens is 1. The van der Waals surface area contributed by atoms with Crippen LogP contribution in [0, 0.1) is 5.92 Å². The van der Waals surface area contributed by atoms with Gasteiger partial charge in [-0.15, -0.1) is 11.3 Å². The highest BCUT2D eigenvalue weighted by Gasteiger charge is 2.40. The van der Waals surface area contributed by atoms with Crippen molar-refractivity contribution < 1.29 is 9.59 Å². The molecular weight excluding hydrogens is 322 g/mol. The van der Waals surface area contributed by atoms with E-state index < -0.39 is 0 Å². The number of Topliss-reactive ketones (excluding diaryl/α,β-unsaturated/α-hetero) is 1. The van der Waals surface area contributed by atoms with Gasteiger partial charge in [0.1, 0.15) is 5.69 Å². The van der Waals surface area contributed by atoms with Crippen LogP contribution in [0.3, 0.4) is 0 Å². The van der Waals surface area contributed by atoms with Crippen molar-refractivity contribution in [2.75, 3.05) is 13.1 Å². The zero-order valence-corrected chi connectivity index (χ0v) is 14.7. The summed E-state index contributed by atoms with van der Waals surface area (Å²) >= 11 is 1.49. The third kappa shape index (κ3) is 2.54. The van der Waals surface area contributed by atoms with E-state index in [4.69, 9.17) is 0 Å². The third-order valence-electron chi connectivity index (χ3n) is 5.55. The number of nitrogens with one attached hydrogen (secondary N) is 1. The minimum atomic E-state index is -0.136. The SMILES string of the molecule is CC(=O)c1csc2cnc(C(=O)N[C@@H]3C4CCN(CC4)[C@H]3C)cc12. The number of thiophene rings is 1. The smallest absolute Gasteiger partial charge is 0.270 e. The molecule has 2 aromatic heterocycles. The lowest BCUT2D eigenvalue weighted by molar-refractivity contribution is 0.0216. The largest absolute Gasteiger partial charge is 0.346 e. The summed E-state index contributed by atoms with van der Waals surface area (Å²) in [7, 11) is 0. The molecule has 5 heterocycles. The highest BCUT2D eigenvalue weighted by Crippen LogP contribution is 2.32. The maximum absolute atomic E-state index is 12.7. The second kappa shape index (κ2) is 5.93. The maximum Gasteiger partial charge on any atom is 0.270 e. The number of fused-ring (bicyclic) bond motifs is 4. The van der Waals surface area contributed by atoms with E-state index in [1.54, 1.807) is 19.2 Å². The van der Waals surface area contributed by atoms with Gasteiger partial charge in [0.05, 0.1) is 4.70 Å². The van der Waals surface area contributed by atoms with Crippen molar-refractivity contribution in [3.8, 4) is 0 Å². The Balaban J connectivity index is 1.59. The van der Waals surface area contributed by atoms with Gasteiger partial charge in [-0.2, -0.15) is 0 Å². The molecule has 3 aliphatic heterocycles. The van der Waals surface area contributed by atoms with Crippen LogP contribution in [0.5, 0.6) is 0 Å². The van der Waals surface area contributed by atoms with E-state index in [0.29, 0.717) is 23.2 Å². The van der Waals surface area contributed by atoms with Crippen LogP contribution in [0.25, 0.3) is 10.1 Å². The van der Waals surface area contributed by atoms with Crippen molar-refractivity contribution in [3.05, 3.63) is 28.9 Å². The van der Waals surface area contributed by atoms with E-state index in [1.165, 1.54) is 11.3 Å². The molecule has 0 spiro atoms. The molecule has 0 aromatic carbocycles. The first kappa shape index (κ1) is 15.7. The number of piperidine rings is 3. The second-order valence-electron chi connectivity index (χ2n) is 6.88. The Morgan fingerprint density at radius 2 is 2.08 bits per heavy atom. The van der Waals surface area contributed by atoms with E-state index in [9.17, 15) is 9.59 Å². The quantitative estimate of drug-likeness (QED) is 0.871. The fourth-order valence-electron chi connectivity index (χ4n) is 4.10. The second-order valence-corrected chi connectivity index (χ2v) is 7.80. The molecule has 24 heavy (non-hydrogen) atoms. The van der Waals surface area contributed by atoms with E-state index in [0.717, 1.165) is 36.0 Å². The number of nitrogens with zero attached hydrogens (tertiary/aromatic N) is 2. The zero-order valence-electron chi connectivity index (χ0n) is 13.9. The van der Waals surface area contributed by atoms with E-state index in [1.807, 2.05) is 5.38 Å². The summed E-state index contributed by atoms with van der Waals surface area (Å²) in [6, 6.07) is 2.32. The summed E-state index contributed by atoms with van der Waals surface area (Å²) in [6.45, 7) is 6.02. The lowest BCUT2D eigenvalue weighted by Gasteiger charge is -2.49. The first-order valence-electron chi connectivity index (χ1n) is 8.47. The van der Waals surface area contributed by atoms with Crippen LogP contribution in [0.2, 0.25) is 0 Å². The summed E-state index contributed by atoms with van der Waals surface area (Å²) in [5.74, 6) is 0.444. The topological polar surface area (TPSA) is 62.3 Å². The van der Waals surface area contributed by atoms with E-state index in [2.05, 4.69) is 22.1 Å². The van der Waals surface area contributed by atoms with E-state index in [-0.39, 0.29) is 17.7 Å². The van der Waals surface area contributed by atoms with E-state index >= 15 is 0 Å². The fourth-order valence-corrected chi connectivity index (χ4v) is 5.05. The molecule has 2 aromatic rings. The Hall–Kier alpha value is -1.79. The highest BCUT2D eigenvalue weighted by molar-refractivity contribution is 7.17. The first-order valence-corrected chi connectivity index (χ1v) is 9.35. The molecule has 0 radical (unpaired) electrons. The Morgan fingerprint density at radius 1 is 1.33 bits per heavy atom. The molecular formula is C18H21N3O2S. The van der Waals surface area contributed by atoms with Gasteiger partial charge in [-0.05, 0) is 51.8 Å². The minimum absolute atomic E-state index is 0.0184. The van der Waals surface area contributed by atoms with Crippen LogP contribution in [-0.4, -0.2) is 46.7 Å². The van der Waals surface area contributed by atoms with Crippen LogP contribution in [0.1, 0.15) is 47.5 Å². The van der Waals surface area contributed by atoms with Crippen LogP contribution < -0.4 is 5.32 Å². The number of rotatable bonds is 3. The van der Waals surface area contributed by atoms with Crippen molar-refractivity contribution in [1.29, 1.82) is 0 Å². The number of carbonyl (C=O) groups excluding carboxylic acids is 2. The highest BCUT2D eigenvalue weighted by atomic mass is 32.1. The van der Waals surface area contributed by atoms with Gasteiger partial charge in [-0.1, -0.05) is 0 Å². The molecule has 126 valence electrons. The maximum atomic E-state index is 12.7. The Bertz CT molecular complexity index is 806. The van der Waals surface area contributed by atoms with Crippen molar-refractivity contribution in [3.63, 3.8) is 0 Å². The Labute approximate surface area is 145 Å². The summed E-state index contributed by atoms with van der Waals surface area (Å²) < 4.78 is 0.938.